The molecule has 1 aromatic rings. The van der Waals surface area contributed by atoms with E-state index in [1.165, 1.54) is 0 Å². The Morgan fingerprint density at radius 1 is 1.26 bits per heavy atom. The Morgan fingerprint density at radius 3 is 2.52 bits per heavy atom. The fraction of sp³-hybridized carbons (Fsp3) is 0.476. The molecule has 0 radical (unpaired) electrons. The second-order valence-corrected chi connectivity index (χ2v) is 8.02. The molecular formula is C21H22F6N2O2. The van der Waals surface area contributed by atoms with Gasteiger partial charge in [0.25, 0.3) is 0 Å². The zero-order valence-electron chi connectivity index (χ0n) is 16.7. The molecule has 1 saturated heterocycles. The van der Waals surface area contributed by atoms with Crippen LogP contribution in [0.2, 0.25) is 0 Å². The van der Waals surface area contributed by atoms with Crippen LogP contribution in [0.25, 0.3) is 0 Å². The van der Waals surface area contributed by atoms with Gasteiger partial charge in [-0.1, -0.05) is 44.2 Å². The predicted octanol–water partition coefficient (Wildman–Crippen LogP) is 4.29. The minimum Gasteiger partial charge on any atom is -0.360 e. The highest BCUT2D eigenvalue weighted by Crippen LogP contribution is 2.48. The quantitative estimate of drug-likeness (QED) is 0.676. The van der Waals surface area contributed by atoms with Gasteiger partial charge in [0, 0.05) is 17.9 Å². The first-order chi connectivity index (χ1) is 14.3. The van der Waals surface area contributed by atoms with Crippen molar-refractivity contribution >= 4 is 5.91 Å². The molecule has 4 nitrogen and oxygen atoms in total. The Kier molecular flexibility index (Phi) is 6.01. The summed E-state index contributed by atoms with van der Waals surface area (Å²) < 4.78 is 85.6. The maximum atomic E-state index is 13.7. The van der Waals surface area contributed by atoms with E-state index in [4.69, 9.17) is 10.5 Å². The van der Waals surface area contributed by atoms with Gasteiger partial charge in [-0.3, -0.25) is 4.79 Å². The van der Waals surface area contributed by atoms with Gasteiger partial charge in [0.2, 0.25) is 5.91 Å². The SMILES string of the molecule is CC1C(C(=O)NC(c2cccc(C(F)(F)F)c2)C(F)(F)F)OC2C=CC(CN)=CC21C. The van der Waals surface area contributed by atoms with Gasteiger partial charge in [0.05, 0.1) is 11.7 Å². The van der Waals surface area contributed by atoms with E-state index in [0.717, 1.165) is 17.7 Å². The van der Waals surface area contributed by atoms with Crippen LogP contribution in [0.4, 0.5) is 26.3 Å². The number of carbonyl (C=O) groups excluding carboxylic acids is 1. The Labute approximate surface area is 175 Å². The Bertz CT molecular complexity index is 908. The van der Waals surface area contributed by atoms with Gasteiger partial charge in [-0.15, -0.1) is 0 Å². The van der Waals surface area contributed by atoms with Crippen LogP contribution < -0.4 is 11.1 Å². The molecule has 5 atom stereocenters. The molecule has 1 aromatic carbocycles. The summed E-state index contributed by atoms with van der Waals surface area (Å²) in [6.45, 7) is 3.76. The predicted molar refractivity (Wildman–Crippen MR) is 101 cm³/mol. The summed E-state index contributed by atoms with van der Waals surface area (Å²) in [4.78, 5) is 12.8. The molecule has 0 bridgehead atoms. The van der Waals surface area contributed by atoms with Crippen LogP contribution in [-0.4, -0.2) is 30.8 Å². The lowest BCUT2D eigenvalue weighted by Crippen LogP contribution is -2.45. The van der Waals surface area contributed by atoms with E-state index in [1.54, 1.807) is 19.1 Å². The Balaban J connectivity index is 1.87. The number of amides is 1. The zero-order valence-corrected chi connectivity index (χ0v) is 16.7. The minimum absolute atomic E-state index is 0.258. The maximum absolute atomic E-state index is 13.7. The van der Waals surface area contributed by atoms with Crippen LogP contribution in [0.5, 0.6) is 0 Å². The lowest BCUT2D eigenvalue weighted by Gasteiger charge is -2.32. The van der Waals surface area contributed by atoms with Crippen molar-refractivity contribution < 1.29 is 35.9 Å². The highest BCUT2D eigenvalue weighted by atomic mass is 19.4. The lowest BCUT2D eigenvalue weighted by molar-refractivity contribution is -0.167. The highest BCUT2D eigenvalue weighted by Gasteiger charge is 2.53. The van der Waals surface area contributed by atoms with Crippen molar-refractivity contribution in [2.75, 3.05) is 6.54 Å². The molecule has 0 spiro atoms. The first-order valence-corrected chi connectivity index (χ1v) is 9.57. The molecule has 0 saturated carbocycles. The van der Waals surface area contributed by atoms with E-state index in [9.17, 15) is 31.1 Å². The fourth-order valence-corrected chi connectivity index (χ4v) is 4.02. The van der Waals surface area contributed by atoms with Crippen molar-refractivity contribution in [2.45, 2.75) is 44.4 Å². The number of ether oxygens (including phenoxy) is 1. The monoisotopic (exact) mass is 448 g/mol. The van der Waals surface area contributed by atoms with E-state index in [-0.39, 0.29) is 6.54 Å². The number of rotatable bonds is 4. The van der Waals surface area contributed by atoms with Crippen molar-refractivity contribution in [1.29, 1.82) is 0 Å². The number of nitrogens with two attached hydrogens (primary N) is 1. The summed E-state index contributed by atoms with van der Waals surface area (Å²) in [5.41, 5.74) is 3.87. The molecule has 0 aromatic heterocycles. The molecule has 1 heterocycles. The molecule has 170 valence electrons. The topological polar surface area (TPSA) is 64.3 Å². The molecule has 1 fully saturated rings. The van der Waals surface area contributed by atoms with E-state index in [0.29, 0.717) is 12.1 Å². The van der Waals surface area contributed by atoms with E-state index in [2.05, 4.69) is 0 Å². The smallest absolute Gasteiger partial charge is 0.360 e. The molecule has 1 amide bonds. The Hall–Kier alpha value is -2.33. The average Bonchev–Trinajstić information content (AvgIpc) is 2.95. The number of fused-ring (bicyclic) bond motifs is 1. The normalized spacial score (nSPS) is 29.3. The fourth-order valence-electron chi connectivity index (χ4n) is 4.02. The number of nitrogens with one attached hydrogen (secondary N) is 1. The van der Waals surface area contributed by atoms with Gasteiger partial charge >= 0.3 is 12.4 Å². The third-order valence-corrected chi connectivity index (χ3v) is 5.98. The van der Waals surface area contributed by atoms with Gasteiger partial charge in [-0.2, -0.15) is 26.3 Å². The summed E-state index contributed by atoms with van der Waals surface area (Å²) in [6, 6.07) is 0.209. The molecule has 1 aliphatic heterocycles. The van der Waals surface area contributed by atoms with Crippen molar-refractivity contribution in [2.24, 2.45) is 17.1 Å². The van der Waals surface area contributed by atoms with Crippen LogP contribution >= 0.6 is 0 Å². The van der Waals surface area contributed by atoms with Gasteiger partial charge in [-0.05, 0) is 23.3 Å². The number of carbonyl (C=O) groups is 1. The largest absolute Gasteiger partial charge is 0.416 e. The lowest BCUT2D eigenvalue weighted by atomic mass is 9.70. The first kappa shape index (κ1) is 23.3. The summed E-state index contributed by atoms with van der Waals surface area (Å²) in [7, 11) is 0. The van der Waals surface area contributed by atoms with E-state index >= 15 is 0 Å². The average molecular weight is 448 g/mol. The van der Waals surface area contributed by atoms with Crippen LogP contribution in [0, 0.1) is 11.3 Å². The Morgan fingerprint density at radius 2 is 1.94 bits per heavy atom. The molecule has 10 heteroatoms. The number of benzene rings is 1. The third kappa shape index (κ3) is 4.50. The van der Waals surface area contributed by atoms with Crippen molar-refractivity contribution in [1.82, 2.24) is 5.32 Å². The number of halogens is 6. The highest BCUT2D eigenvalue weighted by molar-refractivity contribution is 5.82. The molecule has 31 heavy (non-hydrogen) atoms. The molecule has 3 rings (SSSR count). The second-order valence-electron chi connectivity index (χ2n) is 8.02. The summed E-state index contributed by atoms with van der Waals surface area (Å²) in [6.07, 6.45) is -6.28. The van der Waals surface area contributed by atoms with E-state index < -0.39 is 59.0 Å². The van der Waals surface area contributed by atoms with Crippen molar-refractivity contribution in [3.63, 3.8) is 0 Å². The third-order valence-electron chi connectivity index (χ3n) is 5.98. The molecule has 3 N–H and O–H groups in total. The molecule has 5 unspecified atom stereocenters. The zero-order chi connectivity index (χ0) is 23.2. The number of hydrogen-bond donors (Lipinski definition) is 2. The number of alkyl halides is 6. The van der Waals surface area contributed by atoms with Crippen molar-refractivity contribution in [3.05, 3.63) is 59.2 Å². The first-order valence-electron chi connectivity index (χ1n) is 9.57. The summed E-state index contributed by atoms with van der Waals surface area (Å²) >= 11 is 0. The molecule has 2 aliphatic rings. The van der Waals surface area contributed by atoms with Gasteiger partial charge in [-0.25, -0.2) is 0 Å². The molecule has 1 aliphatic carbocycles. The minimum atomic E-state index is -5.01. The van der Waals surface area contributed by atoms with E-state index in [1.807, 2.05) is 18.3 Å². The maximum Gasteiger partial charge on any atom is 0.416 e. The summed E-state index contributed by atoms with van der Waals surface area (Å²) in [5, 5.41) is 1.85. The van der Waals surface area contributed by atoms with Gasteiger partial charge < -0.3 is 15.8 Å². The molecular weight excluding hydrogens is 426 g/mol. The van der Waals surface area contributed by atoms with Gasteiger partial charge in [0.1, 0.15) is 6.10 Å². The van der Waals surface area contributed by atoms with Crippen LogP contribution in [0.3, 0.4) is 0 Å². The summed E-state index contributed by atoms with van der Waals surface area (Å²) in [5.74, 6) is -1.54. The van der Waals surface area contributed by atoms with Crippen LogP contribution in [0.15, 0.2) is 48.1 Å². The number of hydrogen-bond acceptors (Lipinski definition) is 3. The van der Waals surface area contributed by atoms with Crippen LogP contribution in [0.1, 0.15) is 31.0 Å². The van der Waals surface area contributed by atoms with Crippen molar-refractivity contribution in [3.8, 4) is 0 Å². The second kappa shape index (κ2) is 7.98. The van der Waals surface area contributed by atoms with Gasteiger partial charge in [0.15, 0.2) is 6.04 Å². The van der Waals surface area contributed by atoms with Crippen LogP contribution in [-0.2, 0) is 15.7 Å². The standard InChI is InChI=1S/C21H22F6N2O2/c1-11-16(31-15-7-6-12(10-28)9-19(11,15)2)18(30)29-17(21(25,26)27)13-4-3-5-14(8-13)20(22,23)24/h3-9,11,15-17H,10,28H2,1-2H3,(H,29,30).